The summed E-state index contributed by atoms with van der Waals surface area (Å²) in [4.78, 5) is 11.6. The lowest BCUT2D eigenvalue weighted by Gasteiger charge is -2.27. The molecular weight excluding hydrogens is 206 g/mol. The molecule has 1 heterocycles. The topological polar surface area (TPSA) is 51.5 Å². The normalized spacial score (nSPS) is 17.8. The summed E-state index contributed by atoms with van der Waals surface area (Å²) in [5.74, 6) is 0.0843. The van der Waals surface area contributed by atoms with Crippen LogP contribution in [-0.2, 0) is 9.53 Å². The van der Waals surface area contributed by atoms with Gasteiger partial charge in [-0.2, -0.15) is 0 Å². The van der Waals surface area contributed by atoms with Crippen LogP contribution in [0.5, 0.6) is 0 Å². The van der Waals surface area contributed by atoms with Crippen LogP contribution in [-0.4, -0.2) is 25.7 Å². The summed E-state index contributed by atoms with van der Waals surface area (Å²) in [7, 11) is 1.40. The molecule has 1 saturated carbocycles. The summed E-state index contributed by atoms with van der Waals surface area (Å²) in [6, 6.07) is 4.15. The number of esters is 1. The van der Waals surface area contributed by atoms with Gasteiger partial charge in [-0.15, -0.1) is 0 Å². The number of hydrogen-bond donors (Lipinski definition) is 1. The van der Waals surface area contributed by atoms with E-state index in [-0.39, 0.29) is 11.9 Å². The van der Waals surface area contributed by atoms with E-state index >= 15 is 0 Å². The fourth-order valence-electron chi connectivity index (χ4n) is 1.83. The Labute approximate surface area is 95.0 Å². The zero-order chi connectivity index (χ0) is 11.4. The first kappa shape index (κ1) is 11.2. The van der Waals surface area contributed by atoms with Crippen molar-refractivity contribution in [2.24, 2.45) is 0 Å². The Bertz CT molecular complexity index is 330. The van der Waals surface area contributed by atoms with Gasteiger partial charge in [-0.05, 0) is 25.0 Å². The fourth-order valence-corrected chi connectivity index (χ4v) is 1.83. The predicted molar refractivity (Wildman–Crippen MR) is 59.1 cm³/mol. The molecule has 0 amide bonds. The molecule has 0 bridgehead atoms. The SMILES string of the molecule is COC(=O)C(CNC1CCC1)c1ccco1. The third-order valence-electron chi connectivity index (χ3n) is 3.09. The van der Waals surface area contributed by atoms with Crippen LogP contribution in [0.2, 0.25) is 0 Å². The summed E-state index contributed by atoms with van der Waals surface area (Å²) in [5.41, 5.74) is 0. The Morgan fingerprint density at radius 1 is 1.69 bits per heavy atom. The molecule has 1 atom stereocenters. The molecule has 0 spiro atoms. The quantitative estimate of drug-likeness (QED) is 0.772. The Hall–Kier alpha value is -1.29. The van der Waals surface area contributed by atoms with Crippen molar-refractivity contribution in [3.05, 3.63) is 24.2 Å². The summed E-state index contributed by atoms with van der Waals surface area (Å²) in [5, 5.41) is 3.36. The first-order chi connectivity index (χ1) is 7.81. The molecule has 0 aromatic carbocycles. The Kier molecular flexibility index (Phi) is 3.62. The number of nitrogens with one attached hydrogen (secondary N) is 1. The van der Waals surface area contributed by atoms with E-state index in [1.807, 2.05) is 6.07 Å². The highest BCUT2D eigenvalue weighted by molar-refractivity contribution is 5.77. The molecule has 4 nitrogen and oxygen atoms in total. The van der Waals surface area contributed by atoms with Crippen molar-refractivity contribution in [1.29, 1.82) is 0 Å². The van der Waals surface area contributed by atoms with Gasteiger partial charge in [-0.3, -0.25) is 4.79 Å². The lowest BCUT2D eigenvalue weighted by molar-refractivity contribution is -0.142. The molecular formula is C12H17NO3. The Morgan fingerprint density at radius 2 is 2.50 bits per heavy atom. The van der Waals surface area contributed by atoms with E-state index in [2.05, 4.69) is 5.32 Å². The van der Waals surface area contributed by atoms with Crippen molar-refractivity contribution < 1.29 is 13.9 Å². The highest BCUT2D eigenvalue weighted by Gasteiger charge is 2.26. The number of rotatable bonds is 5. The molecule has 1 aromatic heterocycles. The molecule has 4 heteroatoms. The first-order valence-corrected chi connectivity index (χ1v) is 5.66. The third kappa shape index (κ3) is 2.44. The van der Waals surface area contributed by atoms with E-state index in [0.29, 0.717) is 18.3 Å². The van der Waals surface area contributed by atoms with E-state index in [9.17, 15) is 4.79 Å². The van der Waals surface area contributed by atoms with Gasteiger partial charge in [0.2, 0.25) is 0 Å². The van der Waals surface area contributed by atoms with E-state index in [1.54, 1.807) is 12.3 Å². The largest absolute Gasteiger partial charge is 0.468 e. The summed E-state index contributed by atoms with van der Waals surface area (Å²) in [6.45, 7) is 0.588. The maximum absolute atomic E-state index is 11.6. The number of carbonyl (C=O) groups is 1. The van der Waals surface area contributed by atoms with Gasteiger partial charge >= 0.3 is 5.97 Å². The van der Waals surface area contributed by atoms with Crippen LogP contribution in [0.25, 0.3) is 0 Å². The highest BCUT2D eigenvalue weighted by atomic mass is 16.5. The monoisotopic (exact) mass is 223 g/mol. The van der Waals surface area contributed by atoms with Gasteiger partial charge in [0.15, 0.2) is 0 Å². The summed E-state index contributed by atoms with van der Waals surface area (Å²) in [6.07, 6.45) is 5.26. The van der Waals surface area contributed by atoms with Crippen LogP contribution >= 0.6 is 0 Å². The van der Waals surface area contributed by atoms with Gasteiger partial charge in [0.25, 0.3) is 0 Å². The van der Waals surface area contributed by atoms with Crippen LogP contribution in [0.4, 0.5) is 0 Å². The molecule has 1 fully saturated rings. The highest BCUT2D eigenvalue weighted by Crippen LogP contribution is 2.21. The fraction of sp³-hybridized carbons (Fsp3) is 0.583. The molecule has 1 unspecified atom stereocenters. The minimum Gasteiger partial charge on any atom is -0.468 e. The smallest absolute Gasteiger partial charge is 0.317 e. The van der Waals surface area contributed by atoms with Gasteiger partial charge in [0.05, 0.1) is 13.4 Å². The third-order valence-corrected chi connectivity index (χ3v) is 3.09. The second kappa shape index (κ2) is 5.16. The zero-order valence-corrected chi connectivity index (χ0v) is 9.44. The molecule has 0 aliphatic heterocycles. The maximum atomic E-state index is 11.6. The standard InChI is InChI=1S/C12H17NO3/c1-15-12(14)10(11-6-3-7-16-11)8-13-9-4-2-5-9/h3,6-7,9-10,13H,2,4-5,8H2,1H3. The maximum Gasteiger partial charge on any atom is 0.317 e. The lowest BCUT2D eigenvalue weighted by atomic mass is 9.92. The van der Waals surface area contributed by atoms with E-state index in [4.69, 9.17) is 9.15 Å². The van der Waals surface area contributed by atoms with Crippen molar-refractivity contribution in [2.75, 3.05) is 13.7 Å². The zero-order valence-electron chi connectivity index (χ0n) is 9.44. The minimum atomic E-state index is -0.333. The number of carbonyl (C=O) groups excluding carboxylic acids is 1. The van der Waals surface area contributed by atoms with Crippen LogP contribution in [0, 0.1) is 0 Å². The molecule has 1 aromatic rings. The number of ether oxygens (including phenoxy) is 1. The van der Waals surface area contributed by atoms with Gasteiger partial charge in [-0.1, -0.05) is 6.42 Å². The predicted octanol–water partition coefficient (Wildman–Crippen LogP) is 1.68. The van der Waals surface area contributed by atoms with Gasteiger partial charge in [0.1, 0.15) is 11.7 Å². The molecule has 88 valence electrons. The molecule has 1 aliphatic rings. The second-order valence-electron chi connectivity index (χ2n) is 4.13. The van der Waals surface area contributed by atoms with Gasteiger partial charge in [0, 0.05) is 12.6 Å². The van der Waals surface area contributed by atoms with Crippen molar-refractivity contribution in [1.82, 2.24) is 5.32 Å². The van der Waals surface area contributed by atoms with Crippen LogP contribution < -0.4 is 5.32 Å². The van der Waals surface area contributed by atoms with Crippen LogP contribution in [0.1, 0.15) is 30.9 Å². The molecule has 0 radical (unpaired) electrons. The second-order valence-corrected chi connectivity index (χ2v) is 4.13. The van der Waals surface area contributed by atoms with Gasteiger partial charge in [-0.25, -0.2) is 0 Å². The van der Waals surface area contributed by atoms with Crippen LogP contribution in [0.15, 0.2) is 22.8 Å². The van der Waals surface area contributed by atoms with Crippen molar-refractivity contribution in [3.8, 4) is 0 Å². The summed E-state index contributed by atoms with van der Waals surface area (Å²) >= 11 is 0. The minimum absolute atomic E-state index is 0.248. The van der Waals surface area contributed by atoms with Crippen LogP contribution in [0.3, 0.4) is 0 Å². The number of methoxy groups -OCH3 is 1. The Morgan fingerprint density at radius 3 is 3.00 bits per heavy atom. The lowest BCUT2D eigenvalue weighted by Crippen LogP contribution is -2.39. The molecule has 0 saturated heterocycles. The van der Waals surface area contributed by atoms with E-state index in [1.165, 1.54) is 26.4 Å². The number of hydrogen-bond acceptors (Lipinski definition) is 4. The summed E-state index contributed by atoms with van der Waals surface area (Å²) < 4.78 is 10.0. The van der Waals surface area contributed by atoms with E-state index in [0.717, 1.165) is 0 Å². The first-order valence-electron chi connectivity index (χ1n) is 5.66. The van der Waals surface area contributed by atoms with E-state index < -0.39 is 0 Å². The Balaban J connectivity index is 1.94. The average molecular weight is 223 g/mol. The van der Waals surface area contributed by atoms with Crippen molar-refractivity contribution in [3.63, 3.8) is 0 Å². The number of furan rings is 1. The van der Waals surface area contributed by atoms with Gasteiger partial charge < -0.3 is 14.5 Å². The molecule has 2 rings (SSSR count). The molecule has 1 N–H and O–H groups in total. The molecule has 16 heavy (non-hydrogen) atoms. The molecule has 1 aliphatic carbocycles. The van der Waals surface area contributed by atoms with Crippen molar-refractivity contribution in [2.45, 2.75) is 31.2 Å². The average Bonchev–Trinajstić information content (AvgIpc) is 2.74. The van der Waals surface area contributed by atoms with Crippen molar-refractivity contribution >= 4 is 5.97 Å².